The zero-order valence-electron chi connectivity index (χ0n) is 12.5. The second kappa shape index (κ2) is 6.72. The van der Waals surface area contributed by atoms with Gasteiger partial charge in [0, 0.05) is 30.4 Å². The van der Waals surface area contributed by atoms with Gasteiger partial charge in [0.15, 0.2) is 11.6 Å². The first kappa shape index (κ1) is 16.0. The highest BCUT2D eigenvalue weighted by molar-refractivity contribution is 6.33. The lowest BCUT2D eigenvalue weighted by Gasteiger charge is -2.31. The molecular weight excluding hydrogens is 320 g/mol. The monoisotopic (exact) mass is 337 g/mol. The molecule has 122 valence electrons. The third-order valence-corrected chi connectivity index (χ3v) is 4.49. The van der Waals surface area contributed by atoms with Crippen molar-refractivity contribution in [3.8, 4) is 0 Å². The van der Waals surface area contributed by atoms with Gasteiger partial charge < -0.3 is 16.0 Å². The van der Waals surface area contributed by atoms with Gasteiger partial charge in [-0.15, -0.1) is 0 Å². The van der Waals surface area contributed by atoms with Crippen LogP contribution in [0.25, 0.3) is 0 Å². The fourth-order valence-electron chi connectivity index (χ4n) is 2.89. The maximum atomic E-state index is 14.0. The number of nitrogen functional groups attached to an aromatic ring is 1. The van der Waals surface area contributed by atoms with Crippen LogP contribution in [0, 0.1) is 11.6 Å². The van der Waals surface area contributed by atoms with Crippen LogP contribution in [0.15, 0.2) is 36.4 Å². The molecule has 0 bridgehead atoms. The molecule has 0 unspecified atom stereocenters. The van der Waals surface area contributed by atoms with E-state index in [4.69, 9.17) is 17.3 Å². The van der Waals surface area contributed by atoms with Crippen molar-refractivity contribution < 1.29 is 8.78 Å². The Kier molecular flexibility index (Phi) is 4.68. The van der Waals surface area contributed by atoms with E-state index in [-0.39, 0.29) is 12.6 Å². The lowest BCUT2D eigenvalue weighted by Crippen LogP contribution is -2.36. The zero-order chi connectivity index (χ0) is 16.4. The minimum Gasteiger partial charge on any atom is -0.398 e. The molecule has 1 aliphatic heterocycles. The van der Waals surface area contributed by atoms with Crippen molar-refractivity contribution >= 4 is 23.0 Å². The third kappa shape index (κ3) is 3.41. The Balaban J connectivity index is 1.95. The van der Waals surface area contributed by atoms with Gasteiger partial charge in [-0.3, -0.25) is 0 Å². The molecule has 1 fully saturated rings. The molecule has 0 amide bonds. The number of benzene rings is 2. The lowest BCUT2D eigenvalue weighted by molar-refractivity contribution is 0.494. The predicted octanol–water partition coefficient (Wildman–Crippen LogP) is 3.57. The van der Waals surface area contributed by atoms with Crippen LogP contribution in [-0.2, 0) is 6.54 Å². The van der Waals surface area contributed by atoms with Gasteiger partial charge in [0.2, 0.25) is 0 Å². The molecular formula is C17H18ClF2N3. The van der Waals surface area contributed by atoms with Crippen molar-refractivity contribution in [3.05, 3.63) is 58.6 Å². The van der Waals surface area contributed by atoms with Crippen molar-refractivity contribution in [1.29, 1.82) is 0 Å². The summed E-state index contributed by atoms with van der Waals surface area (Å²) in [6.07, 6.45) is 0.929. The van der Waals surface area contributed by atoms with Crippen LogP contribution in [0.2, 0.25) is 5.02 Å². The van der Waals surface area contributed by atoms with Crippen LogP contribution in [0.3, 0.4) is 0 Å². The Morgan fingerprint density at radius 1 is 1.26 bits per heavy atom. The van der Waals surface area contributed by atoms with E-state index in [1.165, 1.54) is 6.07 Å². The number of rotatable bonds is 4. The molecule has 0 aliphatic carbocycles. The normalized spacial score (nSPS) is 17.4. The summed E-state index contributed by atoms with van der Waals surface area (Å²) < 4.78 is 27.5. The summed E-state index contributed by atoms with van der Waals surface area (Å²) in [6, 6.07) is 9.80. The van der Waals surface area contributed by atoms with Crippen LogP contribution in [0.5, 0.6) is 0 Å². The molecule has 3 rings (SSSR count). The van der Waals surface area contributed by atoms with Crippen LogP contribution >= 0.6 is 11.6 Å². The molecule has 1 aliphatic rings. The Labute approximate surface area is 139 Å². The number of hydrogen-bond acceptors (Lipinski definition) is 3. The summed E-state index contributed by atoms with van der Waals surface area (Å²) in [5, 5.41) is 3.75. The molecule has 0 spiro atoms. The molecule has 0 saturated carbocycles. The van der Waals surface area contributed by atoms with E-state index in [1.807, 2.05) is 11.0 Å². The van der Waals surface area contributed by atoms with E-state index in [2.05, 4.69) is 5.32 Å². The first-order valence-electron chi connectivity index (χ1n) is 7.51. The maximum Gasteiger partial charge on any atom is 0.163 e. The third-order valence-electron chi connectivity index (χ3n) is 4.16. The van der Waals surface area contributed by atoms with Crippen LogP contribution < -0.4 is 16.0 Å². The Morgan fingerprint density at radius 3 is 2.78 bits per heavy atom. The first-order valence-corrected chi connectivity index (χ1v) is 7.89. The summed E-state index contributed by atoms with van der Waals surface area (Å²) in [5.41, 5.74) is 7.44. The highest BCUT2D eigenvalue weighted by Crippen LogP contribution is 2.29. The van der Waals surface area contributed by atoms with Crippen molar-refractivity contribution in [2.45, 2.75) is 19.0 Å². The van der Waals surface area contributed by atoms with Crippen molar-refractivity contribution in [3.63, 3.8) is 0 Å². The number of nitrogens with one attached hydrogen (secondary N) is 1. The number of halogens is 3. The highest BCUT2D eigenvalue weighted by Gasteiger charge is 2.24. The summed E-state index contributed by atoms with van der Waals surface area (Å²) in [6.45, 7) is 1.96. The number of nitrogens with zero attached hydrogens (tertiary/aromatic N) is 1. The van der Waals surface area contributed by atoms with Gasteiger partial charge in [-0.05, 0) is 37.2 Å². The smallest absolute Gasteiger partial charge is 0.163 e. The average Bonchev–Trinajstić information content (AvgIpc) is 3.06. The van der Waals surface area contributed by atoms with E-state index in [9.17, 15) is 8.78 Å². The van der Waals surface area contributed by atoms with E-state index in [1.54, 1.807) is 18.2 Å². The molecule has 2 aromatic carbocycles. The molecule has 0 aromatic heterocycles. The highest BCUT2D eigenvalue weighted by atomic mass is 35.5. The Morgan fingerprint density at radius 2 is 2.09 bits per heavy atom. The number of anilines is 2. The van der Waals surface area contributed by atoms with Gasteiger partial charge in [0.1, 0.15) is 0 Å². The van der Waals surface area contributed by atoms with Crippen molar-refractivity contribution in [2.24, 2.45) is 0 Å². The van der Waals surface area contributed by atoms with E-state index in [0.29, 0.717) is 16.3 Å². The van der Waals surface area contributed by atoms with Gasteiger partial charge >= 0.3 is 0 Å². The standard InChI is InChI=1S/C17H18ClF2N3/c18-14-8-12(4-5-16(14)21)23(13-6-7-22-9-13)10-11-2-1-3-15(19)17(11)20/h1-5,8,13,22H,6-7,9-10,21H2/t13-/m0/s1. The van der Waals surface area contributed by atoms with Crippen LogP contribution in [0.1, 0.15) is 12.0 Å². The zero-order valence-corrected chi connectivity index (χ0v) is 13.3. The molecule has 0 radical (unpaired) electrons. The molecule has 6 heteroatoms. The number of nitrogens with two attached hydrogens (primary N) is 1. The summed E-state index contributed by atoms with van der Waals surface area (Å²) in [5.74, 6) is -1.63. The fraction of sp³-hybridized carbons (Fsp3) is 0.294. The summed E-state index contributed by atoms with van der Waals surface area (Å²) >= 11 is 6.12. The molecule has 1 heterocycles. The largest absolute Gasteiger partial charge is 0.398 e. The molecule has 1 atom stereocenters. The topological polar surface area (TPSA) is 41.3 Å². The summed E-state index contributed by atoms with van der Waals surface area (Å²) in [7, 11) is 0. The SMILES string of the molecule is Nc1ccc(N(Cc2cccc(F)c2F)[C@H]2CCNC2)cc1Cl. The van der Waals surface area contributed by atoms with E-state index >= 15 is 0 Å². The molecule has 3 nitrogen and oxygen atoms in total. The maximum absolute atomic E-state index is 14.0. The van der Waals surface area contributed by atoms with Gasteiger partial charge in [-0.1, -0.05) is 23.7 Å². The molecule has 2 aromatic rings. The van der Waals surface area contributed by atoms with Gasteiger partial charge in [-0.25, -0.2) is 8.78 Å². The first-order chi connectivity index (χ1) is 11.1. The van der Waals surface area contributed by atoms with Gasteiger partial charge in [-0.2, -0.15) is 0 Å². The molecule has 23 heavy (non-hydrogen) atoms. The van der Waals surface area contributed by atoms with Gasteiger partial charge in [0.25, 0.3) is 0 Å². The van der Waals surface area contributed by atoms with Gasteiger partial charge in [0.05, 0.1) is 10.7 Å². The molecule has 1 saturated heterocycles. The van der Waals surface area contributed by atoms with E-state index in [0.717, 1.165) is 31.3 Å². The number of hydrogen-bond donors (Lipinski definition) is 2. The quantitative estimate of drug-likeness (QED) is 0.838. The fourth-order valence-corrected chi connectivity index (χ4v) is 3.06. The second-order valence-corrected chi connectivity index (χ2v) is 6.10. The van der Waals surface area contributed by atoms with Crippen LogP contribution in [-0.4, -0.2) is 19.1 Å². The molecule has 3 N–H and O–H groups in total. The average molecular weight is 338 g/mol. The second-order valence-electron chi connectivity index (χ2n) is 5.69. The lowest BCUT2D eigenvalue weighted by atomic mass is 10.1. The van der Waals surface area contributed by atoms with Crippen LogP contribution in [0.4, 0.5) is 20.2 Å². The van der Waals surface area contributed by atoms with Crippen molar-refractivity contribution in [2.75, 3.05) is 23.7 Å². The Bertz CT molecular complexity index is 702. The predicted molar refractivity (Wildman–Crippen MR) is 89.7 cm³/mol. The summed E-state index contributed by atoms with van der Waals surface area (Å²) in [4.78, 5) is 2.04. The Hall–Kier alpha value is -1.85. The minimum atomic E-state index is -0.831. The minimum absolute atomic E-state index is 0.192. The van der Waals surface area contributed by atoms with Crippen molar-refractivity contribution in [1.82, 2.24) is 5.32 Å². The van der Waals surface area contributed by atoms with E-state index < -0.39 is 11.6 Å².